The number of methoxy groups -OCH3 is 1. The molecule has 2 aromatic carbocycles. The third-order valence-corrected chi connectivity index (χ3v) is 3.47. The minimum absolute atomic E-state index is 0.00342. The first-order chi connectivity index (χ1) is 8.70. The summed E-state index contributed by atoms with van der Waals surface area (Å²) in [4.78, 5) is 13.1. The summed E-state index contributed by atoms with van der Waals surface area (Å²) in [5, 5.41) is -0.00342. The summed E-state index contributed by atoms with van der Waals surface area (Å²) in [6.45, 7) is 2.02. The van der Waals surface area contributed by atoms with Gasteiger partial charge in [-0.1, -0.05) is 29.8 Å². The van der Waals surface area contributed by atoms with E-state index in [0.29, 0.717) is 11.3 Å². The lowest BCUT2D eigenvalue weighted by Gasteiger charge is -2.06. The fourth-order valence-electron chi connectivity index (χ4n) is 1.58. The van der Waals surface area contributed by atoms with E-state index in [1.807, 2.05) is 43.3 Å². The van der Waals surface area contributed by atoms with Crippen molar-refractivity contribution in [2.75, 3.05) is 7.11 Å². The number of aryl methyl sites for hydroxylation is 1. The van der Waals surface area contributed by atoms with Gasteiger partial charge in [-0.15, -0.1) is 0 Å². The minimum atomic E-state index is -0.00342. The zero-order valence-electron chi connectivity index (χ0n) is 10.3. The second-order valence-electron chi connectivity index (χ2n) is 3.90. The molecule has 0 amide bonds. The number of benzene rings is 2. The lowest BCUT2D eigenvalue weighted by atomic mass is 10.2. The average Bonchev–Trinajstić information content (AvgIpc) is 2.41. The maximum absolute atomic E-state index is 12.2. The third kappa shape index (κ3) is 2.93. The predicted molar refractivity (Wildman–Crippen MR) is 74.4 cm³/mol. The zero-order chi connectivity index (χ0) is 13.0. The number of thioether (sulfide) groups is 1. The molecule has 0 N–H and O–H groups in total. The first-order valence-corrected chi connectivity index (χ1v) is 6.44. The molecule has 0 atom stereocenters. The predicted octanol–water partition coefficient (Wildman–Crippen LogP) is 3.94. The van der Waals surface area contributed by atoms with Gasteiger partial charge in [0.15, 0.2) is 0 Å². The van der Waals surface area contributed by atoms with Crippen LogP contribution in [-0.4, -0.2) is 12.2 Å². The summed E-state index contributed by atoms with van der Waals surface area (Å²) in [5.41, 5.74) is 1.79. The van der Waals surface area contributed by atoms with Crippen molar-refractivity contribution in [1.29, 1.82) is 0 Å². The van der Waals surface area contributed by atoms with Crippen LogP contribution in [0.1, 0.15) is 15.9 Å². The van der Waals surface area contributed by atoms with Gasteiger partial charge in [0.2, 0.25) is 5.12 Å². The SMILES string of the molecule is COc1ccccc1C(=O)Sc1ccc(C)cc1. The normalized spacial score (nSPS) is 10.1. The van der Waals surface area contributed by atoms with Crippen molar-refractivity contribution in [3.63, 3.8) is 0 Å². The van der Waals surface area contributed by atoms with Crippen LogP contribution in [-0.2, 0) is 0 Å². The van der Waals surface area contributed by atoms with Gasteiger partial charge in [0, 0.05) is 4.90 Å². The molecule has 92 valence electrons. The third-order valence-electron chi connectivity index (χ3n) is 2.56. The van der Waals surface area contributed by atoms with E-state index >= 15 is 0 Å². The van der Waals surface area contributed by atoms with Crippen LogP contribution in [0.25, 0.3) is 0 Å². The van der Waals surface area contributed by atoms with Gasteiger partial charge in [-0.25, -0.2) is 0 Å². The van der Waals surface area contributed by atoms with Crippen LogP contribution in [0.15, 0.2) is 53.4 Å². The summed E-state index contributed by atoms with van der Waals surface area (Å²) in [5.74, 6) is 0.613. The Labute approximate surface area is 111 Å². The molecule has 0 aliphatic carbocycles. The summed E-state index contributed by atoms with van der Waals surface area (Å²) >= 11 is 1.22. The van der Waals surface area contributed by atoms with E-state index in [1.54, 1.807) is 19.2 Å². The Morgan fingerprint density at radius 1 is 1.06 bits per heavy atom. The Morgan fingerprint density at radius 2 is 1.72 bits per heavy atom. The number of rotatable bonds is 3. The lowest BCUT2D eigenvalue weighted by Crippen LogP contribution is -1.97. The Hall–Kier alpha value is -1.74. The molecule has 0 unspecified atom stereocenters. The standard InChI is InChI=1S/C15H14O2S/c1-11-7-9-12(10-8-11)18-15(16)13-5-3-4-6-14(13)17-2/h3-10H,1-2H3. The molecule has 0 aliphatic heterocycles. The Balaban J connectivity index is 2.19. The minimum Gasteiger partial charge on any atom is -0.496 e. The fourth-order valence-corrected chi connectivity index (χ4v) is 2.35. The second-order valence-corrected chi connectivity index (χ2v) is 4.95. The van der Waals surface area contributed by atoms with Crippen molar-refractivity contribution in [3.05, 3.63) is 59.7 Å². The molecule has 2 rings (SSSR count). The first-order valence-electron chi connectivity index (χ1n) is 5.62. The number of carbonyl (C=O) groups excluding carboxylic acids is 1. The molecule has 18 heavy (non-hydrogen) atoms. The average molecular weight is 258 g/mol. The number of hydrogen-bond acceptors (Lipinski definition) is 3. The number of carbonyl (C=O) groups is 1. The van der Waals surface area contributed by atoms with Crippen LogP contribution in [0.5, 0.6) is 5.75 Å². The maximum atomic E-state index is 12.2. The molecule has 0 bridgehead atoms. The highest BCUT2D eigenvalue weighted by Gasteiger charge is 2.12. The fraction of sp³-hybridized carbons (Fsp3) is 0.133. The quantitative estimate of drug-likeness (QED) is 0.780. The van der Waals surface area contributed by atoms with Gasteiger partial charge in [0.05, 0.1) is 12.7 Å². The molecule has 2 nitrogen and oxygen atoms in total. The van der Waals surface area contributed by atoms with Crippen molar-refractivity contribution in [1.82, 2.24) is 0 Å². The first kappa shape index (κ1) is 12.7. The van der Waals surface area contributed by atoms with Gasteiger partial charge in [-0.2, -0.15) is 0 Å². The highest BCUT2D eigenvalue weighted by molar-refractivity contribution is 8.14. The monoisotopic (exact) mass is 258 g/mol. The van der Waals surface area contributed by atoms with Gasteiger partial charge >= 0.3 is 0 Å². The van der Waals surface area contributed by atoms with Crippen molar-refractivity contribution in [2.24, 2.45) is 0 Å². The molecule has 0 saturated heterocycles. The van der Waals surface area contributed by atoms with Crippen molar-refractivity contribution >= 4 is 16.9 Å². The molecular weight excluding hydrogens is 244 g/mol. The van der Waals surface area contributed by atoms with E-state index in [4.69, 9.17) is 4.74 Å². The van der Waals surface area contributed by atoms with Crippen molar-refractivity contribution < 1.29 is 9.53 Å². The van der Waals surface area contributed by atoms with Crippen LogP contribution in [0, 0.1) is 6.92 Å². The summed E-state index contributed by atoms with van der Waals surface area (Å²) in [6.07, 6.45) is 0. The van der Waals surface area contributed by atoms with Crippen molar-refractivity contribution in [2.45, 2.75) is 11.8 Å². The molecule has 0 aliphatic rings. The topological polar surface area (TPSA) is 26.3 Å². The van der Waals surface area contributed by atoms with E-state index in [0.717, 1.165) is 4.90 Å². The van der Waals surface area contributed by atoms with Gasteiger partial charge in [0.1, 0.15) is 5.75 Å². The molecule has 0 heterocycles. The number of hydrogen-bond donors (Lipinski definition) is 0. The largest absolute Gasteiger partial charge is 0.496 e. The highest BCUT2D eigenvalue weighted by Crippen LogP contribution is 2.27. The number of para-hydroxylation sites is 1. The summed E-state index contributed by atoms with van der Waals surface area (Å²) in [6, 6.07) is 15.2. The Morgan fingerprint density at radius 3 is 2.39 bits per heavy atom. The molecule has 0 fully saturated rings. The summed E-state index contributed by atoms with van der Waals surface area (Å²) < 4.78 is 5.19. The molecular formula is C15H14O2S. The number of ether oxygens (including phenoxy) is 1. The van der Waals surface area contributed by atoms with E-state index in [2.05, 4.69) is 0 Å². The maximum Gasteiger partial charge on any atom is 0.227 e. The van der Waals surface area contributed by atoms with Crippen molar-refractivity contribution in [3.8, 4) is 5.75 Å². The highest BCUT2D eigenvalue weighted by atomic mass is 32.2. The molecule has 3 heteroatoms. The van der Waals surface area contributed by atoms with Gasteiger partial charge < -0.3 is 4.74 Å². The van der Waals surface area contributed by atoms with Crippen LogP contribution in [0.2, 0.25) is 0 Å². The van der Waals surface area contributed by atoms with Crippen LogP contribution in [0.3, 0.4) is 0 Å². The van der Waals surface area contributed by atoms with E-state index < -0.39 is 0 Å². The van der Waals surface area contributed by atoms with Gasteiger partial charge in [-0.3, -0.25) is 4.79 Å². The summed E-state index contributed by atoms with van der Waals surface area (Å²) in [7, 11) is 1.57. The smallest absolute Gasteiger partial charge is 0.227 e. The second kappa shape index (κ2) is 5.74. The van der Waals surface area contributed by atoms with Crippen LogP contribution >= 0.6 is 11.8 Å². The van der Waals surface area contributed by atoms with Gasteiger partial charge in [0.25, 0.3) is 0 Å². The zero-order valence-corrected chi connectivity index (χ0v) is 11.2. The molecule has 0 aromatic heterocycles. The molecule has 0 spiro atoms. The molecule has 0 saturated carbocycles. The van der Waals surface area contributed by atoms with E-state index in [-0.39, 0.29) is 5.12 Å². The Bertz CT molecular complexity index is 547. The molecule has 0 radical (unpaired) electrons. The molecule has 2 aromatic rings. The van der Waals surface area contributed by atoms with Crippen LogP contribution < -0.4 is 4.74 Å². The van der Waals surface area contributed by atoms with Gasteiger partial charge in [-0.05, 0) is 43.0 Å². The van der Waals surface area contributed by atoms with E-state index in [9.17, 15) is 4.79 Å². The van der Waals surface area contributed by atoms with Crippen LogP contribution in [0.4, 0.5) is 0 Å². The lowest BCUT2D eigenvalue weighted by molar-refractivity contribution is 0.108. The van der Waals surface area contributed by atoms with E-state index in [1.165, 1.54) is 17.3 Å². The Kier molecular flexibility index (Phi) is 4.05.